The maximum atomic E-state index is 14.2. The summed E-state index contributed by atoms with van der Waals surface area (Å²) in [5.41, 5.74) is 0.688. The zero-order chi connectivity index (χ0) is 20.8. The van der Waals surface area contributed by atoms with Crippen LogP contribution < -0.4 is 16.0 Å². The standard InChI is InChI=1S/C20H18F2N4O3.ClH/c1-23-20(28)24-10-16(14-8-7-13(21)9-15(14)22)25-18(27)17-11-29-19(26-17)12-5-3-2-4-6-12;/h2-9,11,16H,10H2,1H3,(H,25,27)(H2,23,24,28);1H. The number of nitrogens with zero attached hydrogens (tertiary/aromatic N) is 1. The normalized spacial score (nSPS) is 11.2. The van der Waals surface area contributed by atoms with Crippen molar-refractivity contribution >= 4 is 24.3 Å². The van der Waals surface area contributed by atoms with E-state index < -0.39 is 29.6 Å². The average molecular weight is 437 g/mol. The molecule has 158 valence electrons. The first-order chi connectivity index (χ1) is 14.0. The van der Waals surface area contributed by atoms with Crippen LogP contribution in [-0.4, -0.2) is 30.5 Å². The molecule has 0 radical (unpaired) electrons. The lowest BCUT2D eigenvalue weighted by atomic mass is 10.1. The van der Waals surface area contributed by atoms with E-state index in [1.807, 2.05) is 6.07 Å². The summed E-state index contributed by atoms with van der Waals surface area (Å²) >= 11 is 0. The minimum Gasteiger partial charge on any atom is -0.444 e. The van der Waals surface area contributed by atoms with E-state index in [1.54, 1.807) is 24.3 Å². The Labute approximate surface area is 177 Å². The summed E-state index contributed by atoms with van der Waals surface area (Å²) in [4.78, 5) is 28.2. The monoisotopic (exact) mass is 436 g/mol. The first-order valence-corrected chi connectivity index (χ1v) is 8.70. The van der Waals surface area contributed by atoms with Crippen LogP contribution in [-0.2, 0) is 0 Å². The zero-order valence-corrected chi connectivity index (χ0v) is 16.6. The molecular weight excluding hydrogens is 418 g/mol. The van der Waals surface area contributed by atoms with Gasteiger partial charge in [0.25, 0.3) is 5.91 Å². The van der Waals surface area contributed by atoms with E-state index in [9.17, 15) is 18.4 Å². The molecule has 1 atom stereocenters. The second kappa shape index (κ2) is 10.4. The van der Waals surface area contributed by atoms with Gasteiger partial charge in [-0.3, -0.25) is 4.79 Å². The Morgan fingerprint density at radius 1 is 1.13 bits per heavy atom. The van der Waals surface area contributed by atoms with Gasteiger partial charge in [-0.25, -0.2) is 18.6 Å². The van der Waals surface area contributed by atoms with Crippen molar-refractivity contribution in [3.05, 3.63) is 77.7 Å². The SMILES string of the molecule is CNC(=O)NCC(NC(=O)c1coc(-c2ccccc2)n1)c1ccc(F)cc1F.Cl. The Kier molecular flexibility index (Phi) is 7.88. The molecule has 3 aromatic rings. The molecule has 0 saturated carbocycles. The Bertz CT molecular complexity index is 1010. The van der Waals surface area contributed by atoms with Gasteiger partial charge < -0.3 is 20.4 Å². The van der Waals surface area contributed by atoms with Crippen LogP contribution in [0.25, 0.3) is 11.5 Å². The number of halogens is 3. The van der Waals surface area contributed by atoms with Gasteiger partial charge in [0, 0.05) is 30.8 Å². The molecule has 1 aromatic heterocycles. The summed E-state index contributed by atoms with van der Waals surface area (Å²) in [5.74, 6) is -1.98. The van der Waals surface area contributed by atoms with Crippen molar-refractivity contribution in [2.75, 3.05) is 13.6 Å². The molecule has 0 aliphatic carbocycles. The van der Waals surface area contributed by atoms with E-state index in [1.165, 1.54) is 19.4 Å². The molecule has 0 bridgehead atoms. The smallest absolute Gasteiger partial charge is 0.314 e. The van der Waals surface area contributed by atoms with E-state index in [0.29, 0.717) is 11.6 Å². The van der Waals surface area contributed by atoms with Gasteiger partial charge in [-0.15, -0.1) is 12.4 Å². The zero-order valence-electron chi connectivity index (χ0n) is 15.8. The molecule has 3 N–H and O–H groups in total. The van der Waals surface area contributed by atoms with Crippen molar-refractivity contribution in [1.82, 2.24) is 20.9 Å². The van der Waals surface area contributed by atoms with Crippen LogP contribution in [0, 0.1) is 11.6 Å². The second-order valence-electron chi connectivity index (χ2n) is 6.06. The second-order valence-corrected chi connectivity index (χ2v) is 6.06. The van der Waals surface area contributed by atoms with Gasteiger partial charge in [-0.1, -0.05) is 24.3 Å². The van der Waals surface area contributed by atoms with Gasteiger partial charge in [-0.2, -0.15) is 0 Å². The van der Waals surface area contributed by atoms with Crippen LogP contribution in [0.3, 0.4) is 0 Å². The third-order valence-electron chi connectivity index (χ3n) is 4.09. The van der Waals surface area contributed by atoms with E-state index in [4.69, 9.17) is 4.42 Å². The molecule has 1 heterocycles. The molecule has 10 heteroatoms. The number of urea groups is 1. The molecule has 2 aromatic carbocycles. The Balaban J connectivity index is 0.00000320. The minimum atomic E-state index is -0.961. The minimum absolute atomic E-state index is 0. The predicted molar refractivity (Wildman–Crippen MR) is 108 cm³/mol. The van der Waals surface area contributed by atoms with Crippen molar-refractivity contribution in [3.8, 4) is 11.5 Å². The summed E-state index contributed by atoms with van der Waals surface area (Å²) < 4.78 is 32.8. The van der Waals surface area contributed by atoms with Gasteiger partial charge >= 0.3 is 6.03 Å². The maximum Gasteiger partial charge on any atom is 0.314 e. The first-order valence-electron chi connectivity index (χ1n) is 8.70. The molecule has 0 saturated heterocycles. The highest BCUT2D eigenvalue weighted by Crippen LogP contribution is 2.20. The molecule has 30 heavy (non-hydrogen) atoms. The van der Waals surface area contributed by atoms with Crippen LogP contribution in [0.4, 0.5) is 13.6 Å². The summed E-state index contributed by atoms with van der Waals surface area (Å²) in [6.45, 7) is -0.128. The molecular formula is C20H19ClF2N4O3. The lowest BCUT2D eigenvalue weighted by molar-refractivity contribution is 0.0930. The molecule has 0 spiro atoms. The number of amides is 3. The van der Waals surface area contributed by atoms with Gasteiger partial charge in [0.1, 0.15) is 17.9 Å². The largest absolute Gasteiger partial charge is 0.444 e. The first kappa shape index (κ1) is 22.8. The van der Waals surface area contributed by atoms with Gasteiger partial charge in [0.05, 0.1) is 6.04 Å². The number of aromatic nitrogens is 1. The molecule has 7 nitrogen and oxygen atoms in total. The van der Waals surface area contributed by atoms with Gasteiger partial charge in [-0.05, 0) is 18.2 Å². The van der Waals surface area contributed by atoms with E-state index in [2.05, 4.69) is 20.9 Å². The fourth-order valence-electron chi connectivity index (χ4n) is 2.63. The van der Waals surface area contributed by atoms with Crippen molar-refractivity contribution < 1.29 is 22.8 Å². The van der Waals surface area contributed by atoms with Crippen molar-refractivity contribution in [3.63, 3.8) is 0 Å². The molecule has 3 rings (SSSR count). The van der Waals surface area contributed by atoms with Crippen LogP contribution >= 0.6 is 12.4 Å². The fraction of sp³-hybridized carbons (Fsp3) is 0.150. The Hall–Kier alpha value is -3.46. The molecule has 0 aliphatic heterocycles. The topological polar surface area (TPSA) is 96.3 Å². The molecule has 1 unspecified atom stereocenters. The number of hydrogen-bond acceptors (Lipinski definition) is 4. The Morgan fingerprint density at radius 2 is 1.87 bits per heavy atom. The third-order valence-corrected chi connectivity index (χ3v) is 4.09. The van der Waals surface area contributed by atoms with Gasteiger partial charge in [0.2, 0.25) is 5.89 Å². The van der Waals surface area contributed by atoms with E-state index in [0.717, 1.165) is 6.07 Å². The quantitative estimate of drug-likeness (QED) is 0.551. The van der Waals surface area contributed by atoms with Gasteiger partial charge in [0.15, 0.2) is 5.69 Å². The summed E-state index contributed by atoms with van der Waals surface area (Å²) in [7, 11) is 1.42. The number of rotatable bonds is 6. The summed E-state index contributed by atoms with van der Waals surface area (Å²) in [6.07, 6.45) is 1.18. The summed E-state index contributed by atoms with van der Waals surface area (Å²) in [6, 6.07) is 10.5. The number of nitrogens with one attached hydrogen (secondary N) is 3. The maximum absolute atomic E-state index is 14.2. The lowest BCUT2D eigenvalue weighted by Gasteiger charge is -2.20. The number of carbonyl (C=O) groups excluding carboxylic acids is 2. The highest BCUT2D eigenvalue weighted by molar-refractivity contribution is 5.92. The molecule has 0 aliphatic rings. The number of benzene rings is 2. The third kappa shape index (κ3) is 5.54. The highest BCUT2D eigenvalue weighted by Gasteiger charge is 2.22. The van der Waals surface area contributed by atoms with Crippen molar-refractivity contribution in [2.24, 2.45) is 0 Å². The molecule has 3 amide bonds. The fourth-order valence-corrected chi connectivity index (χ4v) is 2.63. The van der Waals surface area contributed by atoms with E-state index >= 15 is 0 Å². The van der Waals surface area contributed by atoms with Crippen LogP contribution in [0.5, 0.6) is 0 Å². The average Bonchev–Trinajstić information content (AvgIpc) is 3.22. The number of hydrogen-bond donors (Lipinski definition) is 3. The van der Waals surface area contributed by atoms with Crippen molar-refractivity contribution in [2.45, 2.75) is 6.04 Å². The Morgan fingerprint density at radius 3 is 2.53 bits per heavy atom. The van der Waals surface area contributed by atoms with Crippen LogP contribution in [0.1, 0.15) is 22.1 Å². The predicted octanol–water partition coefficient (Wildman–Crippen LogP) is 3.44. The van der Waals surface area contributed by atoms with Crippen molar-refractivity contribution in [1.29, 1.82) is 0 Å². The highest BCUT2D eigenvalue weighted by atomic mass is 35.5. The van der Waals surface area contributed by atoms with Crippen LogP contribution in [0.2, 0.25) is 0 Å². The number of carbonyl (C=O) groups is 2. The van der Waals surface area contributed by atoms with Crippen LogP contribution in [0.15, 0.2) is 59.2 Å². The number of oxazole rings is 1. The lowest BCUT2D eigenvalue weighted by Crippen LogP contribution is -2.41. The molecule has 0 fully saturated rings. The summed E-state index contributed by atoms with van der Waals surface area (Å²) in [5, 5.41) is 7.44. The van der Waals surface area contributed by atoms with E-state index in [-0.39, 0.29) is 36.1 Å².